The van der Waals surface area contributed by atoms with Gasteiger partial charge in [0.1, 0.15) is 5.69 Å². The lowest BCUT2D eigenvalue weighted by Gasteiger charge is -2.44. The maximum Gasteiger partial charge on any atom is 0.431 e. The van der Waals surface area contributed by atoms with Crippen LogP contribution in [0, 0.1) is 12.8 Å². The summed E-state index contributed by atoms with van der Waals surface area (Å²) in [5.74, 6) is -0.0744. The minimum atomic E-state index is -4.36. The fourth-order valence-corrected chi connectivity index (χ4v) is 5.42. The van der Waals surface area contributed by atoms with Crippen molar-refractivity contribution in [2.24, 2.45) is 5.92 Å². The van der Waals surface area contributed by atoms with Crippen molar-refractivity contribution in [3.8, 4) is 0 Å². The highest BCUT2D eigenvalue weighted by atomic mass is 19.4. The number of aliphatic hydroxyl groups is 1. The Morgan fingerprint density at radius 2 is 1.84 bits per heavy atom. The minimum absolute atomic E-state index is 0.0717. The number of halogens is 3. The number of fused-ring (bicyclic) bond motifs is 2. The van der Waals surface area contributed by atoms with Crippen LogP contribution in [0.2, 0.25) is 0 Å². The molecule has 4 rings (SSSR count). The lowest BCUT2D eigenvalue weighted by Crippen LogP contribution is -2.52. The zero-order valence-corrected chi connectivity index (χ0v) is 18.1. The molecule has 0 radical (unpaired) electrons. The van der Waals surface area contributed by atoms with Gasteiger partial charge in [-0.25, -0.2) is 0 Å². The summed E-state index contributed by atoms with van der Waals surface area (Å²) >= 11 is 0. The first-order chi connectivity index (χ1) is 14.4. The molecule has 1 fully saturated rings. The maximum atomic E-state index is 13.4. The molecule has 0 bridgehead atoms. The smallest absolute Gasteiger partial charge is 0.386 e. The number of rotatable bonds is 3. The molecule has 168 valence electrons. The predicted molar refractivity (Wildman–Crippen MR) is 112 cm³/mol. The lowest BCUT2D eigenvalue weighted by atomic mass is 9.72. The average Bonchev–Trinajstić information content (AvgIpc) is 3.13. The van der Waals surface area contributed by atoms with Gasteiger partial charge in [0.05, 0.1) is 11.1 Å². The number of Topliss-reactive ketones (excluding diaryl/α,β-unsaturated/α-hetero) is 1. The number of alkyl halides is 3. The molecule has 0 amide bonds. The van der Waals surface area contributed by atoms with Gasteiger partial charge in [0, 0.05) is 30.3 Å². The molecule has 0 atom stereocenters. The third-order valence-corrected chi connectivity index (χ3v) is 6.94. The van der Waals surface area contributed by atoms with Crippen LogP contribution in [0.25, 0.3) is 0 Å². The third kappa shape index (κ3) is 3.94. The molecule has 4 nitrogen and oxygen atoms in total. The molecule has 1 aromatic heterocycles. The van der Waals surface area contributed by atoms with Crippen LogP contribution in [0.15, 0.2) is 30.3 Å². The number of aromatic nitrogens is 1. The summed E-state index contributed by atoms with van der Waals surface area (Å²) in [6, 6.07) is 8.18. The average molecular weight is 435 g/mol. The lowest BCUT2D eigenvalue weighted by molar-refractivity contribution is -0.144. The number of carbonyl (C=O) groups excluding carboxylic acids is 1. The van der Waals surface area contributed by atoms with Crippen LogP contribution in [0.1, 0.15) is 72.4 Å². The van der Waals surface area contributed by atoms with Crippen LogP contribution in [0.4, 0.5) is 13.2 Å². The Morgan fingerprint density at radius 1 is 1.16 bits per heavy atom. The van der Waals surface area contributed by atoms with Crippen LogP contribution in [-0.4, -0.2) is 22.0 Å². The monoisotopic (exact) mass is 434 g/mol. The minimum Gasteiger partial charge on any atom is -0.386 e. The molecule has 1 saturated carbocycles. The van der Waals surface area contributed by atoms with E-state index < -0.39 is 23.0 Å². The van der Waals surface area contributed by atoms with Gasteiger partial charge in [-0.15, -0.1) is 0 Å². The highest BCUT2D eigenvalue weighted by Gasteiger charge is 2.45. The Hall–Kier alpha value is -2.12. The molecule has 31 heavy (non-hydrogen) atoms. The van der Waals surface area contributed by atoms with Crippen molar-refractivity contribution in [3.63, 3.8) is 0 Å². The van der Waals surface area contributed by atoms with E-state index in [1.54, 1.807) is 32.0 Å². The van der Waals surface area contributed by atoms with Crippen LogP contribution >= 0.6 is 0 Å². The Balaban J connectivity index is 1.52. The molecule has 2 aromatic rings. The van der Waals surface area contributed by atoms with Gasteiger partial charge in [-0.05, 0) is 75.8 Å². The van der Waals surface area contributed by atoms with Crippen LogP contribution in [0.3, 0.4) is 0 Å². The summed E-state index contributed by atoms with van der Waals surface area (Å²) in [5, 5.41) is 13.7. The van der Waals surface area contributed by atoms with Gasteiger partial charge in [-0.2, -0.15) is 13.2 Å². The number of hydrogen-bond donors (Lipinski definition) is 2. The Morgan fingerprint density at radius 3 is 2.42 bits per heavy atom. The van der Waals surface area contributed by atoms with E-state index in [1.165, 1.54) is 10.6 Å². The Labute approximate surface area is 180 Å². The van der Waals surface area contributed by atoms with E-state index in [2.05, 4.69) is 5.32 Å². The molecule has 2 heterocycles. The standard InChI is InChI=1S/C24H29F3N2O2/c1-15-14-17(4-5-18(15)22(2,3)31)21(30)16-8-10-23(11-9-16)19-6-7-20(24(25,26)27)29(19)13-12-28-23/h4-7,14,16,28,31H,8-13H2,1-3H3. The van der Waals surface area contributed by atoms with E-state index in [9.17, 15) is 23.1 Å². The van der Waals surface area contributed by atoms with Crippen LogP contribution < -0.4 is 5.32 Å². The summed E-state index contributed by atoms with van der Waals surface area (Å²) in [6.45, 7) is 6.11. The molecular weight excluding hydrogens is 405 g/mol. The largest absolute Gasteiger partial charge is 0.431 e. The SMILES string of the molecule is Cc1cc(C(=O)C2CCC3(CC2)NCCn2c(C(F)(F)F)ccc23)ccc1C(C)(C)O. The molecule has 0 unspecified atom stereocenters. The fourth-order valence-electron chi connectivity index (χ4n) is 5.42. The molecule has 2 aliphatic rings. The van der Waals surface area contributed by atoms with Crippen molar-refractivity contribution in [1.82, 2.24) is 9.88 Å². The van der Waals surface area contributed by atoms with Gasteiger partial charge in [0.15, 0.2) is 5.78 Å². The zero-order chi connectivity index (χ0) is 22.6. The maximum absolute atomic E-state index is 13.4. The summed E-state index contributed by atoms with van der Waals surface area (Å²) in [4.78, 5) is 13.1. The topological polar surface area (TPSA) is 54.3 Å². The third-order valence-electron chi connectivity index (χ3n) is 6.94. The van der Waals surface area contributed by atoms with Crippen molar-refractivity contribution < 1.29 is 23.1 Å². The second-order valence-electron chi connectivity index (χ2n) is 9.49. The second-order valence-corrected chi connectivity index (χ2v) is 9.49. The summed E-state index contributed by atoms with van der Waals surface area (Å²) in [5.41, 5.74) is 0.910. The van der Waals surface area contributed by atoms with E-state index in [1.807, 2.05) is 13.0 Å². The number of benzene rings is 1. The van der Waals surface area contributed by atoms with Gasteiger partial charge in [0.2, 0.25) is 0 Å². The van der Waals surface area contributed by atoms with Gasteiger partial charge in [-0.1, -0.05) is 12.1 Å². The van der Waals surface area contributed by atoms with E-state index in [0.717, 1.165) is 11.1 Å². The summed E-state index contributed by atoms with van der Waals surface area (Å²) < 4.78 is 41.5. The molecule has 1 spiro atoms. The number of hydrogen-bond acceptors (Lipinski definition) is 3. The highest BCUT2D eigenvalue weighted by molar-refractivity contribution is 5.98. The quantitative estimate of drug-likeness (QED) is 0.675. The summed E-state index contributed by atoms with van der Waals surface area (Å²) in [6.07, 6.45) is -1.84. The zero-order valence-electron chi connectivity index (χ0n) is 18.1. The van der Waals surface area contributed by atoms with Gasteiger partial charge < -0.3 is 15.0 Å². The molecule has 2 N–H and O–H groups in total. The molecule has 0 saturated heterocycles. The number of aryl methyl sites for hydroxylation is 1. The predicted octanol–water partition coefficient (Wildman–Crippen LogP) is 4.91. The first-order valence-electron chi connectivity index (χ1n) is 10.8. The van der Waals surface area contributed by atoms with Crippen molar-refractivity contribution in [2.75, 3.05) is 6.54 Å². The number of ketones is 1. The number of carbonyl (C=O) groups is 1. The second kappa shape index (κ2) is 7.48. The van der Waals surface area contributed by atoms with E-state index in [4.69, 9.17) is 0 Å². The molecular formula is C24H29F3N2O2. The normalized spacial score (nSPS) is 24.3. The van der Waals surface area contributed by atoms with Crippen LogP contribution in [0.5, 0.6) is 0 Å². The van der Waals surface area contributed by atoms with Gasteiger partial charge >= 0.3 is 6.18 Å². The van der Waals surface area contributed by atoms with Crippen molar-refractivity contribution >= 4 is 5.78 Å². The molecule has 7 heteroatoms. The van der Waals surface area contributed by atoms with Crippen molar-refractivity contribution in [1.29, 1.82) is 0 Å². The number of nitrogens with zero attached hydrogens (tertiary/aromatic N) is 1. The highest BCUT2D eigenvalue weighted by Crippen LogP contribution is 2.44. The van der Waals surface area contributed by atoms with Crippen LogP contribution in [-0.2, 0) is 23.9 Å². The van der Waals surface area contributed by atoms with E-state index >= 15 is 0 Å². The molecule has 1 aliphatic carbocycles. The van der Waals surface area contributed by atoms with Crippen molar-refractivity contribution in [3.05, 3.63) is 58.4 Å². The van der Waals surface area contributed by atoms with E-state index in [0.29, 0.717) is 50.0 Å². The molecule has 1 aliphatic heterocycles. The van der Waals surface area contributed by atoms with Gasteiger partial charge in [0.25, 0.3) is 0 Å². The Kier molecular flexibility index (Phi) is 5.33. The Bertz CT molecular complexity index is 993. The fraction of sp³-hybridized carbons (Fsp3) is 0.542. The first-order valence-corrected chi connectivity index (χ1v) is 10.8. The van der Waals surface area contributed by atoms with Crippen molar-refractivity contribution in [2.45, 2.75) is 70.3 Å². The first kappa shape index (κ1) is 22.1. The number of nitrogens with one attached hydrogen (secondary N) is 1. The summed E-state index contributed by atoms with van der Waals surface area (Å²) in [7, 11) is 0. The van der Waals surface area contributed by atoms with Gasteiger partial charge in [-0.3, -0.25) is 4.79 Å². The van der Waals surface area contributed by atoms with E-state index in [-0.39, 0.29) is 11.7 Å². The molecule has 1 aromatic carbocycles.